The lowest BCUT2D eigenvalue weighted by Crippen LogP contribution is -2.50. The van der Waals surface area contributed by atoms with Gasteiger partial charge in [-0.15, -0.1) is 0 Å². The van der Waals surface area contributed by atoms with Gasteiger partial charge < -0.3 is 15.4 Å². The van der Waals surface area contributed by atoms with E-state index in [9.17, 15) is 14.4 Å². The zero-order valence-corrected chi connectivity index (χ0v) is 13.3. The van der Waals surface area contributed by atoms with E-state index < -0.39 is 18.1 Å². The maximum Gasteiger partial charge on any atom is 0.328 e. The largest absolute Gasteiger partial charge is 0.467 e. The van der Waals surface area contributed by atoms with Crippen LogP contribution in [-0.4, -0.2) is 49.5 Å². The van der Waals surface area contributed by atoms with Gasteiger partial charge in [0.05, 0.1) is 7.11 Å². The normalized spacial score (nSPS) is 13.4. The zero-order valence-electron chi connectivity index (χ0n) is 12.5. The van der Waals surface area contributed by atoms with Gasteiger partial charge in [0, 0.05) is 0 Å². The van der Waals surface area contributed by atoms with Gasteiger partial charge >= 0.3 is 5.97 Å². The maximum atomic E-state index is 12.1. The fourth-order valence-electron chi connectivity index (χ4n) is 1.71. The molecule has 0 fully saturated rings. The van der Waals surface area contributed by atoms with E-state index in [4.69, 9.17) is 0 Å². The third kappa shape index (κ3) is 7.37. The van der Waals surface area contributed by atoms with Gasteiger partial charge in [-0.1, -0.05) is 13.8 Å². The summed E-state index contributed by atoms with van der Waals surface area (Å²) in [5.41, 5.74) is 0. The van der Waals surface area contributed by atoms with Crippen LogP contribution < -0.4 is 10.6 Å². The molecule has 0 saturated heterocycles. The van der Waals surface area contributed by atoms with Crippen molar-refractivity contribution in [3.8, 4) is 0 Å². The molecule has 116 valence electrons. The molecule has 0 heterocycles. The number of nitrogens with one attached hydrogen (secondary N) is 2. The van der Waals surface area contributed by atoms with Crippen LogP contribution >= 0.6 is 11.8 Å². The lowest BCUT2D eigenvalue weighted by molar-refractivity contribution is -0.145. The SMILES string of the molecule is COC(=O)C(CC(C)C)NC(=O)C(CCSC)NC=O. The Hall–Kier alpha value is -1.24. The lowest BCUT2D eigenvalue weighted by atomic mass is 10.0. The number of rotatable bonds is 10. The minimum atomic E-state index is -0.683. The second-order valence-corrected chi connectivity index (χ2v) is 5.82. The van der Waals surface area contributed by atoms with Crippen LogP contribution in [0.5, 0.6) is 0 Å². The quantitative estimate of drug-likeness (QED) is 0.455. The van der Waals surface area contributed by atoms with Gasteiger partial charge in [0.25, 0.3) is 0 Å². The molecule has 0 bridgehead atoms. The van der Waals surface area contributed by atoms with E-state index in [1.807, 2.05) is 20.1 Å². The van der Waals surface area contributed by atoms with E-state index >= 15 is 0 Å². The Bertz CT molecular complexity index is 323. The highest BCUT2D eigenvalue weighted by Crippen LogP contribution is 2.07. The summed E-state index contributed by atoms with van der Waals surface area (Å²) in [6.45, 7) is 3.91. The minimum Gasteiger partial charge on any atom is -0.467 e. The van der Waals surface area contributed by atoms with Crippen LogP contribution in [-0.2, 0) is 19.1 Å². The molecule has 0 spiro atoms. The molecule has 2 unspecified atom stereocenters. The van der Waals surface area contributed by atoms with Crippen LogP contribution in [0.1, 0.15) is 26.7 Å². The Morgan fingerprint density at radius 3 is 2.40 bits per heavy atom. The summed E-state index contributed by atoms with van der Waals surface area (Å²) < 4.78 is 4.69. The van der Waals surface area contributed by atoms with Crippen LogP contribution in [0.4, 0.5) is 0 Å². The summed E-state index contributed by atoms with van der Waals surface area (Å²) in [5, 5.41) is 5.12. The van der Waals surface area contributed by atoms with Gasteiger partial charge in [-0.25, -0.2) is 4.79 Å². The van der Waals surface area contributed by atoms with Crippen molar-refractivity contribution in [2.24, 2.45) is 5.92 Å². The van der Waals surface area contributed by atoms with E-state index in [2.05, 4.69) is 15.4 Å². The van der Waals surface area contributed by atoms with Crippen LogP contribution in [0.3, 0.4) is 0 Å². The third-order valence-electron chi connectivity index (χ3n) is 2.71. The van der Waals surface area contributed by atoms with Gasteiger partial charge in [0.2, 0.25) is 12.3 Å². The molecule has 2 atom stereocenters. The van der Waals surface area contributed by atoms with Gasteiger partial charge in [-0.3, -0.25) is 9.59 Å². The van der Waals surface area contributed by atoms with Crippen LogP contribution in [0.2, 0.25) is 0 Å². The molecule has 0 aromatic heterocycles. The number of carbonyl (C=O) groups excluding carboxylic acids is 3. The first kappa shape index (κ1) is 18.8. The number of thioether (sulfide) groups is 1. The number of esters is 1. The van der Waals surface area contributed by atoms with E-state index in [1.54, 1.807) is 11.8 Å². The van der Waals surface area contributed by atoms with Crippen molar-refractivity contribution in [2.75, 3.05) is 19.1 Å². The highest BCUT2D eigenvalue weighted by atomic mass is 32.2. The smallest absolute Gasteiger partial charge is 0.328 e. The highest BCUT2D eigenvalue weighted by molar-refractivity contribution is 7.98. The van der Waals surface area contributed by atoms with Crippen molar-refractivity contribution in [3.63, 3.8) is 0 Å². The molecule has 0 aromatic rings. The van der Waals surface area contributed by atoms with Crippen LogP contribution in [0.15, 0.2) is 0 Å². The first-order chi connectivity index (χ1) is 9.46. The second-order valence-electron chi connectivity index (χ2n) is 4.83. The van der Waals surface area contributed by atoms with E-state index in [0.29, 0.717) is 19.3 Å². The molecule has 20 heavy (non-hydrogen) atoms. The first-order valence-corrected chi connectivity index (χ1v) is 7.92. The number of hydrogen-bond donors (Lipinski definition) is 2. The van der Waals surface area contributed by atoms with Gasteiger partial charge in [0.15, 0.2) is 0 Å². The zero-order chi connectivity index (χ0) is 15.5. The molecule has 0 aromatic carbocycles. The molecule has 0 aliphatic rings. The average Bonchev–Trinajstić information content (AvgIpc) is 2.41. The molecule has 2 N–H and O–H groups in total. The average molecular weight is 304 g/mol. The lowest BCUT2D eigenvalue weighted by Gasteiger charge is -2.22. The molecule has 7 heteroatoms. The number of ether oxygens (including phenoxy) is 1. The van der Waals surface area contributed by atoms with Gasteiger partial charge in [-0.05, 0) is 30.8 Å². The Kier molecular flexibility index (Phi) is 9.88. The topological polar surface area (TPSA) is 84.5 Å². The fraction of sp³-hybridized carbons (Fsp3) is 0.769. The molecule has 0 radical (unpaired) electrons. The van der Waals surface area contributed by atoms with Crippen molar-refractivity contribution < 1.29 is 19.1 Å². The Morgan fingerprint density at radius 1 is 1.30 bits per heavy atom. The first-order valence-electron chi connectivity index (χ1n) is 6.53. The summed E-state index contributed by atoms with van der Waals surface area (Å²) >= 11 is 1.59. The molecular formula is C13H24N2O4S. The third-order valence-corrected chi connectivity index (χ3v) is 3.35. The van der Waals surface area contributed by atoms with E-state index in [0.717, 1.165) is 5.75 Å². The summed E-state index contributed by atoms with van der Waals surface area (Å²) in [6, 6.07) is -1.31. The number of hydrogen-bond acceptors (Lipinski definition) is 5. The molecular weight excluding hydrogens is 280 g/mol. The fourth-order valence-corrected chi connectivity index (χ4v) is 2.18. The van der Waals surface area contributed by atoms with Crippen molar-refractivity contribution in [1.29, 1.82) is 0 Å². The Balaban J connectivity index is 4.67. The number of amides is 2. The summed E-state index contributed by atoms with van der Waals surface area (Å²) in [6.07, 6.45) is 3.43. The standard InChI is InChI=1S/C13H24N2O4S/c1-9(2)7-11(13(18)19-3)15-12(17)10(14-8-16)5-6-20-4/h8-11H,5-7H2,1-4H3,(H,14,16)(H,15,17). The molecule has 2 amide bonds. The van der Waals surface area contributed by atoms with Crippen molar-refractivity contribution in [2.45, 2.75) is 38.8 Å². The number of carbonyl (C=O) groups is 3. The minimum absolute atomic E-state index is 0.239. The van der Waals surface area contributed by atoms with Crippen LogP contribution in [0.25, 0.3) is 0 Å². The highest BCUT2D eigenvalue weighted by Gasteiger charge is 2.26. The van der Waals surface area contributed by atoms with Crippen LogP contribution in [0, 0.1) is 5.92 Å². The predicted octanol–water partition coefficient (Wildman–Crippen LogP) is 0.558. The summed E-state index contributed by atoms with van der Waals surface area (Å²) in [4.78, 5) is 34.3. The van der Waals surface area contributed by atoms with Crippen molar-refractivity contribution in [3.05, 3.63) is 0 Å². The Labute approximate surface area is 124 Å². The maximum absolute atomic E-state index is 12.1. The summed E-state index contributed by atoms with van der Waals surface area (Å²) in [7, 11) is 1.29. The van der Waals surface area contributed by atoms with Gasteiger partial charge in [-0.2, -0.15) is 11.8 Å². The Morgan fingerprint density at radius 2 is 1.95 bits per heavy atom. The molecule has 0 aliphatic carbocycles. The molecule has 0 saturated carbocycles. The van der Waals surface area contributed by atoms with E-state index in [1.165, 1.54) is 7.11 Å². The van der Waals surface area contributed by atoms with Crippen molar-refractivity contribution >= 4 is 30.0 Å². The molecule has 0 aliphatic heterocycles. The number of methoxy groups -OCH3 is 1. The van der Waals surface area contributed by atoms with Gasteiger partial charge in [0.1, 0.15) is 12.1 Å². The monoisotopic (exact) mass is 304 g/mol. The predicted molar refractivity (Wildman–Crippen MR) is 79.4 cm³/mol. The summed E-state index contributed by atoms with van der Waals surface area (Å²) in [5.74, 6) is 0.151. The second kappa shape index (κ2) is 10.5. The van der Waals surface area contributed by atoms with E-state index in [-0.39, 0.29) is 11.8 Å². The van der Waals surface area contributed by atoms with Crippen molar-refractivity contribution in [1.82, 2.24) is 10.6 Å². The molecule has 0 rings (SSSR count). The molecule has 6 nitrogen and oxygen atoms in total.